The van der Waals surface area contributed by atoms with Crippen molar-refractivity contribution < 1.29 is 9.59 Å². The zero-order valence-electron chi connectivity index (χ0n) is 19.0. The predicted molar refractivity (Wildman–Crippen MR) is 133 cm³/mol. The number of rotatable bonds is 7. The second-order valence-corrected chi connectivity index (χ2v) is 8.26. The highest BCUT2D eigenvalue weighted by Crippen LogP contribution is 2.34. The van der Waals surface area contributed by atoms with Gasteiger partial charge in [-0.05, 0) is 54.4 Å². The molecule has 4 rings (SSSR count). The maximum absolute atomic E-state index is 13.7. The number of nitrogens with one attached hydrogen (secondary N) is 1. The van der Waals surface area contributed by atoms with Crippen molar-refractivity contribution >= 4 is 22.6 Å². The minimum Gasteiger partial charge on any atom is -0.349 e. The summed E-state index contributed by atoms with van der Waals surface area (Å²) in [6.07, 6.45) is 0. The molecule has 0 aromatic heterocycles. The molecule has 0 aliphatic carbocycles. The van der Waals surface area contributed by atoms with Crippen LogP contribution >= 0.6 is 0 Å². The molecule has 0 fully saturated rings. The smallest absolute Gasteiger partial charge is 0.254 e. The molecular formula is C29H28N2O2. The molecule has 0 aliphatic rings. The molecule has 0 aliphatic heterocycles. The minimum atomic E-state index is -0.771. The largest absolute Gasteiger partial charge is 0.349 e. The first-order valence-corrected chi connectivity index (χ1v) is 11.2. The second kappa shape index (κ2) is 9.70. The summed E-state index contributed by atoms with van der Waals surface area (Å²) >= 11 is 0. The Morgan fingerprint density at radius 1 is 0.758 bits per heavy atom. The number of hydrogen-bond acceptors (Lipinski definition) is 2. The molecule has 2 amide bonds. The Bertz CT molecular complexity index is 1250. The molecule has 0 saturated carbocycles. The lowest BCUT2D eigenvalue weighted by molar-refractivity contribution is 0.0508. The summed E-state index contributed by atoms with van der Waals surface area (Å²) in [5.74, 6) is -0.229. The van der Waals surface area contributed by atoms with Crippen molar-refractivity contribution in [3.05, 3.63) is 120 Å². The van der Waals surface area contributed by atoms with Crippen LogP contribution in [0.2, 0.25) is 0 Å². The van der Waals surface area contributed by atoms with Gasteiger partial charge < -0.3 is 10.2 Å². The highest BCUT2D eigenvalue weighted by atomic mass is 16.2. The molecule has 166 valence electrons. The lowest BCUT2D eigenvalue weighted by atomic mass is 9.85. The fraction of sp³-hybridized carbons (Fsp3) is 0.172. The van der Waals surface area contributed by atoms with Gasteiger partial charge in [0, 0.05) is 24.2 Å². The van der Waals surface area contributed by atoms with E-state index in [-0.39, 0.29) is 18.4 Å². The van der Waals surface area contributed by atoms with E-state index in [2.05, 4.69) is 29.6 Å². The molecule has 0 heterocycles. The molecule has 0 bridgehead atoms. The zero-order chi connectivity index (χ0) is 23.3. The monoisotopic (exact) mass is 436 g/mol. The van der Waals surface area contributed by atoms with E-state index in [0.717, 1.165) is 16.3 Å². The molecule has 0 saturated heterocycles. The lowest BCUT2D eigenvalue weighted by Gasteiger charge is -2.42. The van der Waals surface area contributed by atoms with Crippen LogP contribution in [0.15, 0.2) is 103 Å². The molecule has 0 unspecified atom stereocenters. The van der Waals surface area contributed by atoms with Gasteiger partial charge in [-0.2, -0.15) is 0 Å². The molecular weight excluding hydrogens is 408 g/mol. The number of fused-ring (bicyclic) bond motifs is 1. The van der Waals surface area contributed by atoms with Crippen LogP contribution in [0.5, 0.6) is 0 Å². The van der Waals surface area contributed by atoms with Gasteiger partial charge >= 0.3 is 0 Å². The highest BCUT2D eigenvalue weighted by Gasteiger charge is 2.38. The van der Waals surface area contributed by atoms with Crippen molar-refractivity contribution in [2.75, 3.05) is 13.1 Å². The topological polar surface area (TPSA) is 49.4 Å². The quantitative estimate of drug-likeness (QED) is 0.407. The summed E-state index contributed by atoms with van der Waals surface area (Å²) < 4.78 is 0. The Hall–Kier alpha value is -3.92. The summed E-state index contributed by atoms with van der Waals surface area (Å²) in [5.41, 5.74) is 1.45. The van der Waals surface area contributed by atoms with Gasteiger partial charge in [0.2, 0.25) is 0 Å². The van der Waals surface area contributed by atoms with E-state index in [9.17, 15) is 9.59 Å². The van der Waals surface area contributed by atoms with Gasteiger partial charge in [0.25, 0.3) is 11.8 Å². The van der Waals surface area contributed by atoms with E-state index in [0.29, 0.717) is 17.7 Å². The lowest BCUT2D eigenvalue weighted by Crippen LogP contribution is -2.54. The first-order chi connectivity index (χ1) is 16.0. The van der Waals surface area contributed by atoms with Crippen molar-refractivity contribution in [1.82, 2.24) is 10.2 Å². The van der Waals surface area contributed by atoms with Gasteiger partial charge in [-0.1, -0.05) is 78.9 Å². The van der Waals surface area contributed by atoms with Crippen molar-refractivity contribution in [3.63, 3.8) is 0 Å². The highest BCUT2D eigenvalue weighted by molar-refractivity contribution is 5.96. The van der Waals surface area contributed by atoms with Crippen LogP contribution in [0, 0.1) is 0 Å². The van der Waals surface area contributed by atoms with Crippen LogP contribution in [0.4, 0.5) is 0 Å². The van der Waals surface area contributed by atoms with Crippen molar-refractivity contribution in [2.24, 2.45) is 0 Å². The summed E-state index contributed by atoms with van der Waals surface area (Å²) in [4.78, 5) is 28.4. The van der Waals surface area contributed by atoms with Gasteiger partial charge in [-0.25, -0.2) is 0 Å². The third-order valence-electron chi connectivity index (χ3n) is 6.18. The summed E-state index contributed by atoms with van der Waals surface area (Å²) in [6, 6.07) is 32.7. The molecule has 0 spiro atoms. The number of carbonyl (C=O) groups is 2. The number of nitrogens with zero attached hydrogens (tertiary/aromatic N) is 1. The number of benzene rings is 4. The molecule has 4 nitrogen and oxygen atoms in total. The summed E-state index contributed by atoms with van der Waals surface area (Å²) in [6.45, 7) is 4.78. The predicted octanol–water partition coefficient (Wildman–Crippen LogP) is 5.65. The van der Waals surface area contributed by atoms with E-state index in [4.69, 9.17) is 0 Å². The summed E-state index contributed by atoms with van der Waals surface area (Å²) in [5, 5.41) is 5.25. The second-order valence-electron chi connectivity index (χ2n) is 8.26. The van der Waals surface area contributed by atoms with Crippen molar-refractivity contribution in [2.45, 2.75) is 19.4 Å². The molecule has 4 heteroatoms. The fourth-order valence-corrected chi connectivity index (χ4v) is 4.43. The van der Waals surface area contributed by atoms with Gasteiger partial charge in [-0.15, -0.1) is 0 Å². The standard InChI is InChI=1S/C29H28N2O2/c1-3-31(28(33)24-16-8-5-9-17-24)29(2,21-30-27(32)23-14-6-4-7-15-23)26-20-12-18-22-13-10-11-19-25(22)26/h4-20H,3,21H2,1-2H3,(H,30,32)/t29-/m0/s1. The molecule has 1 atom stereocenters. The van der Waals surface area contributed by atoms with Crippen LogP contribution < -0.4 is 5.32 Å². The maximum atomic E-state index is 13.7. The third-order valence-corrected chi connectivity index (χ3v) is 6.18. The van der Waals surface area contributed by atoms with E-state index >= 15 is 0 Å². The molecule has 0 radical (unpaired) electrons. The minimum absolute atomic E-state index is 0.0671. The van der Waals surface area contributed by atoms with Crippen LogP contribution in [0.25, 0.3) is 10.8 Å². The van der Waals surface area contributed by atoms with E-state index < -0.39 is 5.54 Å². The molecule has 1 N–H and O–H groups in total. The SMILES string of the molecule is CCN(C(=O)c1ccccc1)[C@@](C)(CNC(=O)c1ccccc1)c1cccc2ccccc12. The van der Waals surface area contributed by atoms with Gasteiger partial charge in [0.1, 0.15) is 0 Å². The third kappa shape index (κ3) is 4.51. The average Bonchev–Trinajstić information content (AvgIpc) is 2.88. The Labute approximate surface area is 194 Å². The molecule has 33 heavy (non-hydrogen) atoms. The van der Waals surface area contributed by atoms with Gasteiger partial charge in [-0.3, -0.25) is 9.59 Å². The molecule has 4 aromatic rings. The van der Waals surface area contributed by atoms with Gasteiger partial charge in [0.15, 0.2) is 0 Å². The van der Waals surface area contributed by atoms with Crippen molar-refractivity contribution in [1.29, 1.82) is 0 Å². The Morgan fingerprint density at radius 3 is 2.00 bits per heavy atom. The number of amides is 2. The van der Waals surface area contributed by atoms with Crippen LogP contribution in [-0.2, 0) is 5.54 Å². The van der Waals surface area contributed by atoms with E-state index in [1.807, 2.05) is 85.5 Å². The number of hydrogen-bond donors (Lipinski definition) is 1. The summed E-state index contributed by atoms with van der Waals surface area (Å²) in [7, 11) is 0. The molecule has 4 aromatic carbocycles. The van der Waals surface area contributed by atoms with Crippen LogP contribution in [0.1, 0.15) is 40.1 Å². The first kappa shape index (κ1) is 22.3. The normalized spacial score (nSPS) is 12.7. The Balaban J connectivity index is 1.78. The van der Waals surface area contributed by atoms with Crippen molar-refractivity contribution in [3.8, 4) is 0 Å². The van der Waals surface area contributed by atoms with Gasteiger partial charge in [0.05, 0.1) is 5.54 Å². The van der Waals surface area contributed by atoms with E-state index in [1.54, 1.807) is 12.1 Å². The fourth-order valence-electron chi connectivity index (χ4n) is 4.43. The number of likely N-dealkylation sites (N-methyl/N-ethyl adjacent to an activating group) is 1. The maximum Gasteiger partial charge on any atom is 0.254 e. The van der Waals surface area contributed by atoms with E-state index in [1.165, 1.54) is 0 Å². The Kier molecular flexibility index (Phi) is 6.55. The average molecular weight is 437 g/mol. The Morgan fingerprint density at radius 2 is 1.33 bits per heavy atom. The zero-order valence-corrected chi connectivity index (χ0v) is 19.0. The number of carbonyl (C=O) groups excluding carboxylic acids is 2. The first-order valence-electron chi connectivity index (χ1n) is 11.2. The van der Waals surface area contributed by atoms with Crippen LogP contribution in [-0.4, -0.2) is 29.8 Å². The van der Waals surface area contributed by atoms with Crippen LogP contribution in [0.3, 0.4) is 0 Å².